The molecule has 1 aliphatic heterocycles. The second-order valence-corrected chi connectivity index (χ2v) is 6.47. The minimum atomic E-state index is 0.151. The molecule has 16 heavy (non-hydrogen) atoms. The summed E-state index contributed by atoms with van der Waals surface area (Å²) in [6.45, 7) is 6.94. The summed E-state index contributed by atoms with van der Waals surface area (Å²) in [4.78, 5) is 17.7. The Labute approximate surface area is 104 Å². The van der Waals surface area contributed by atoms with E-state index in [-0.39, 0.29) is 5.56 Å². The van der Waals surface area contributed by atoms with Gasteiger partial charge in [0.1, 0.15) is 0 Å². The number of fused-ring (bicyclic) bond motifs is 1. The van der Waals surface area contributed by atoms with E-state index in [0.717, 1.165) is 27.9 Å². The minimum Gasteiger partial charge on any atom is -0.287 e. The zero-order chi connectivity index (χ0) is 11.7. The summed E-state index contributed by atoms with van der Waals surface area (Å²) in [5, 5.41) is 1.37. The smallest absolute Gasteiger partial charge is 0.268 e. The van der Waals surface area contributed by atoms with E-state index < -0.39 is 0 Å². The average molecular weight is 256 g/mol. The maximum Gasteiger partial charge on any atom is 0.268 e. The standard InChI is InChI=1S/C11H16N2OS2/c1-4-13-10(14)9-8(6-7(3)16-9)12-11(13)15-5-2/h7H,4-6H2,1-3H3/t7-/m0/s1. The molecule has 0 radical (unpaired) electrons. The van der Waals surface area contributed by atoms with Crippen molar-refractivity contribution in [3.05, 3.63) is 16.0 Å². The number of hydrogen-bond donors (Lipinski definition) is 0. The summed E-state index contributed by atoms with van der Waals surface area (Å²) in [5.41, 5.74) is 1.15. The molecular weight excluding hydrogens is 240 g/mol. The molecule has 0 spiro atoms. The van der Waals surface area contributed by atoms with Gasteiger partial charge in [0.05, 0.1) is 10.6 Å². The van der Waals surface area contributed by atoms with Crippen LogP contribution < -0.4 is 5.56 Å². The molecule has 0 aliphatic carbocycles. The van der Waals surface area contributed by atoms with Crippen LogP contribution in [0.4, 0.5) is 0 Å². The van der Waals surface area contributed by atoms with Crippen molar-refractivity contribution in [2.45, 2.75) is 49.0 Å². The first-order chi connectivity index (χ1) is 7.67. The van der Waals surface area contributed by atoms with E-state index in [1.54, 1.807) is 28.1 Å². The maximum atomic E-state index is 12.2. The molecule has 2 heterocycles. The number of thioether (sulfide) groups is 2. The third kappa shape index (κ3) is 2.02. The fourth-order valence-corrected chi connectivity index (χ4v) is 3.77. The summed E-state index contributed by atoms with van der Waals surface area (Å²) >= 11 is 3.32. The van der Waals surface area contributed by atoms with Gasteiger partial charge in [0, 0.05) is 18.2 Å². The minimum absolute atomic E-state index is 0.151. The molecule has 0 amide bonds. The fraction of sp³-hybridized carbons (Fsp3) is 0.636. The summed E-state index contributed by atoms with van der Waals surface area (Å²) in [7, 11) is 0. The third-order valence-corrected chi connectivity index (χ3v) is 4.63. The van der Waals surface area contributed by atoms with E-state index in [9.17, 15) is 4.79 Å². The van der Waals surface area contributed by atoms with Crippen LogP contribution in [0.1, 0.15) is 26.5 Å². The zero-order valence-electron chi connectivity index (χ0n) is 9.82. The molecule has 0 unspecified atom stereocenters. The van der Waals surface area contributed by atoms with Crippen molar-refractivity contribution in [3.63, 3.8) is 0 Å². The SMILES string of the molecule is CCSc1nc2c(c(=O)n1CC)S[C@@H](C)C2. The van der Waals surface area contributed by atoms with Crippen LogP contribution >= 0.6 is 23.5 Å². The molecule has 2 rings (SSSR count). The van der Waals surface area contributed by atoms with E-state index in [2.05, 4.69) is 18.8 Å². The van der Waals surface area contributed by atoms with Crippen LogP contribution in [0.5, 0.6) is 0 Å². The van der Waals surface area contributed by atoms with Crippen LogP contribution in [0.25, 0.3) is 0 Å². The fourth-order valence-electron chi connectivity index (χ4n) is 1.85. The van der Waals surface area contributed by atoms with Crippen molar-refractivity contribution in [1.29, 1.82) is 0 Å². The van der Waals surface area contributed by atoms with E-state index in [1.807, 2.05) is 6.92 Å². The van der Waals surface area contributed by atoms with Gasteiger partial charge in [-0.25, -0.2) is 4.98 Å². The molecule has 0 saturated heterocycles. The Bertz CT molecular complexity index is 456. The third-order valence-electron chi connectivity index (χ3n) is 2.55. The van der Waals surface area contributed by atoms with Gasteiger partial charge in [0.15, 0.2) is 5.16 Å². The highest BCUT2D eigenvalue weighted by atomic mass is 32.2. The second-order valence-electron chi connectivity index (χ2n) is 3.79. The average Bonchev–Trinajstić information content (AvgIpc) is 2.60. The van der Waals surface area contributed by atoms with Gasteiger partial charge in [-0.3, -0.25) is 9.36 Å². The van der Waals surface area contributed by atoms with E-state index in [1.165, 1.54) is 0 Å². The van der Waals surface area contributed by atoms with Gasteiger partial charge in [-0.2, -0.15) is 0 Å². The second kappa shape index (κ2) is 4.84. The van der Waals surface area contributed by atoms with Gasteiger partial charge in [-0.05, 0) is 12.7 Å². The lowest BCUT2D eigenvalue weighted by molar-refractivity contribution is 0.595. The van der Waals surface area contributed by atoms with E-state index >= 15 is 0 Å². The Morgan fingerprint density at radius 2 is 2.31 bits per heavy atom. The lowest BCUT2D eigenvalue weighted by atomic mass is 10.2. The molecule has 5 heteroatoms. The molecule has 1 aromatic rings. The van der Waals surface area contributed by atoms with Gasteiger partial charge in [-0.1, -0.05) is 25.6 Å². The monoisotopic (exact) mass is 256 g/mol. The largest absolute Gasteiger partial charge is 0.287 e. The van der Waals surface area contributed by atoms with Gasteiger partial charge in [0.25, 0.3) is 5.56 Å². The molecule has 0 fully saturated rings. The summed E-state index contributed by atoms with van der Waals surface area (Å²) in [6, 6.07) is 0. The molecule has 1 aliphatic rings. The highest BCUT2D eigenvalue weighted by Crippen LogP contribution is 2.33. The maximum absolute atomic E-state index is 12.2. The van der Waals surface area contributed by atoms with Crippen molar-refractivity contribution in [2.24, 2.45) is 0 Å². The number of nitrogens with zero attached hydrogens (tertiary/aromatic N) is 2. The normalized spacial score (nSPS) is 18.8. The molecule has 0 aromatic carbocycles. The Balaban J connectivity index is 2.54. The molecule has 88 valence electrons. The summed E-state index contributed by atoms with van der Waals surface area (Å²) in [6.07, 6.45) is 0.928. The molecule has 3 nitrogen and oxygen atoms in total. The Morgan fingerprint density at radius 1 is 1.56 bits per heavy atom. The summed E-state index contributed by atoms with van der Waals surface area (Å²) in [5.74, 6) is 0.952. The van der Waals surface area contributed by atoms with E-state index in [4.69, 9.17) is 0 Å². The van der Waals surface area contributed by atoms with Crippen LogP contribution in [-0.4, -0.2) is 20.6 Å². The van der Waals surface area contributed by atoms with Crippen molar-refractivity contribution in [2.75, 3.05) is 5.75 Å². The molecule has 0 bridgehead atoms. The van der Waals surface area contributed by atoms with Gasteiger partial charge in [0.2, 0.25) is 0 Å². The Morgan fingerprint density at radius 3 is 2.94 bits per heavy atom. The first-order valence-corrected chi connectivity index (χ1v) is 7.47. The van der Waals surface area contributed by atoms with Crippen molar-refractivity contribution in [1.82, 2.24) is 9.55 Å². The van der Waals surface area contributed by atoms with E-state index in [0.29, 0.717) is 11.8 Å². The molecule has 1 aromatic heterocycles. The predicted octanol–water partition coefficient (Wildman–Crippen LogP) is 2.41. The van der Waals surface area contributed by atoms with Crippen molar-refractivity contribution < 1.29 is 0 Å². The van der Waals surface area contributed by atoms with Crippen LogP contribution in [0.2, 0.25) is 0 Å². The molecule has 0 saturated carbocycles. The van der Waals surface area contributed by atoms with Gasteiger partial charge >= 0.3 is 0 Å². The first-order valence-electron chi connectivity index (χ1n) is 5.60. The van der Waals surface area contributed by atoms with Crippen molar-refractivity contribution in [3.8, 4) is 0 Å². The van der Waals surface area contributed by atoms with Crippen LogP contribution in [0.3, 0.4) is 0 Å². The molecule has 0 N–H and O–H groups in total. The van der Waals surface area contributed by atoms with Gasteiger partial charge < -0.3 is 0 Å². The number of rotatable bonds is 3. The Kier molecular flexibility index (Phi) is 3.64. The number of aromatic nitrogens is 2. The lowest BCUT2D eigenvalue weighted by Crippen LogP contribution is -2.24. The highest BCUT2D eigenvalue weighted by molar-refractivity contribution is 8.00. The highest BCUT2D eigenvalue weighted by Gasteiger charge is 2.25. The lowest BCUT2D eigenvalue weighted by Gasteiger charge is -2.10. The first kappa shape index (κ1) is 12.0. The van der Waals surface area contributed by atoms with Crippen LogP contribution in [-0.2, 0) is 13.0 Å². The zero-order valence-corrected chi connectivity index (χ0v) is 11.5. The predicted molar refractivity (Wildman–Crippen MR) is 69.6 cm³/mol. The summed E-state index contributed by atoms with van der Waals surface area (Å²) < 4.78 is 1.79. The topological polar surface area (TPSA) is 34.9 Å². The Hall–Kier alpha value is -0.420. The van der Waals surface area contributed by atoms with Crippen LogP contribution in [0, 0.1) is 0 Å². The molecular formula is C11H16N2OS2. The quantitative estimate of drug-likeness (QED) is 0.614. The molecule has 1 atom stereocenters. The van der Waals surface area contributed by atoms with Gasteiger partial charge in [-0.15, -0.1) is 11.8 Å². The van der Waals surface area contributed by atoms with Crippen LogP contribution in [0.15, 0.2) is 14.8 Å². The number of hydrogen-bond acceptors (Lipinski definition) is 4. The van der Waals surface area contributed by atoms with Crippen molar-refractivity contribution >= 4 is 23.5 Å².